The maximum atomic E-state index is 13.1. The highest BCUT2D eigenvalue weighted by Gasteiger charge is 2.64. The molecule has 0 aromatic carbocycles. The van der Waals surface area contributed by atoms with Crippen molar-refractivity contribution in [2.45, 2.75) is 88.1 Å². The molecule has 0 aromatic rings. The van der Waals surface area contributed by atoms with E-state index in [0.717, 1.165) is 37.8 Å². The lowest BCUT2D eigenvalue weighted by molar-refractivity contribution is -0.345. The number of ether oxygens (including phenoxy) is 2. The molecule has 6 nitrogen and oxygen atoms in total. The van der Waals surface area contributed by atoms with Gasteiger partial charge in [0, 0.05) is 24.3 Å². The largest absolute Gasteiger partial charge is 0.392 e. The third kappa shape index (κ3) is 2.99. The van der Waals surface area contributed by atoms with E-state index in [2.05, 4.69) is 18.8 Å². The second kappa shape index (κ2) is 6.99. The van der Waals surface area contributed by atoms with Crippen molar-refractivity contribution in [1.82, 2.24) is 5.32 Å². The van der Waals surface area contributed by atoms with E-state index in [-0.39, 0.29) is 35.2 Å². The third-order valence-corrected chi connectivity index (χ3v) is 8.45. The fourth-order valence-electron chi connectivity index (χ4n) is 6.94. The number of hydrogen-bond donors (Lipinski definition) is 3. The quantitative estimate of drug-likeness (QED) is 0.619. The average molecular weight is 404 g/mol. The first kappa shape index (κ1) is 19.9. The zero-order chi connectivity index (χ0) is 20.4. The van der Waals surface area contributed by atoms with Crippen LogP contribution in [-0.4, -0.2) is 58.8 Å². The van der Waals surface area contributed by atoms with E-state index in [1.807, 2.05) is 6.08 Å². The lowest BCUT2D eigenvalue weighted by atomic mass is 9.55. The summed E-state index contributed by atoms with van der Waals surface area (Å²) in [5.41, 5.74) is 0.766. The van der Waals surface area contributed by atoms with Crippen LogP contribution in [-0.2, 0) is 14.3 Å². The number of rotatable bonds is 1. The Morgan fingerprint density at radius 2 is 2.10 bits per heavy atom. The number of aliphatic hydroxyl groups excluding tert-OH is 2. The molecule has 3 N–H and O–H groups in total. The van der Waals surface area contributed by atoms with Crippen LogP contribution in [0, 0.1) is 17.3 Å². The standard InChI is InChI=1S/C23H33NO5/c1-3-14-4-5-19-23(6-7-24-19)15-10-17-13(2)8-16(25)21(27)18(9-14)29-22(11-15,28-17)12-20(23)26/h3,9,13,15-20,24-26H,1,4-8,10-12H2,2H3/b14-9-/t13-,15?,16+,17-,18-,19+,20-,22+,23?/m1/s1. The number of allylic oxidation sites excluding steroid dienone is 2. The Hall–Kier alpha value is -1.05. The molecule has 0 amide bonds. The van der Waals surface area contributed by atoms with E-state index < -0.39 is 24.1 Å². The molecule has 6 aliphatic rings. The Labute approximate surface area is 172 Å². The van der Waals surface area contributed by atoms with Gasteiger partial charge in [0.05, 0.1) is 12.2 Å². The number of fused-ring (bicyclic) bond motifs is 4. The first-order valence-corrected chi connectivity index (χ1v) is 11.2. The van der Waals surface area contributed by atoms with Crippen LogP contribution in [0.4, 0.5) is 0 Å². The fourth-order valence-corrected chi connectivity index (χ4v) is 6.94. The van der Waals surface area contributed by atoms with Gasteiger partial charge in [-0.25, -0.2) is 0 Å². The molecule has 2 unspecified atom stereocenters. The second-order valence-electron chi connectivity index (χ2n) is 9.95. The minimum Gasteiger partial charge on any atom is -0.392 e. The summed E-state index contributed by atoms with van der Waals surface area (Å²) >= 11 is 0. The second-order valence-corrected chi connectivity index (χ2v) is 9.95. The molecule has 0 radical (unpaired) electrons. The van der Waals surface area contributed by atoms with Gasteiger partial charge in [0.1, 0.15) is 12.2 Å². The molecular formula is C23H33NO5. The predicted molar refractivity (Wildman–Crippen MR) is 107 cm³/mol. The average Bonchev–Trinajstić information content (AvgIpc) is 3.11. The van der Waals surface area contributed by atoms with E-state index in [1.54, 1.807) is 6.08 Å². The lowest BCUT2D eigenvalue weighted by Gasteiger charge is -2.59. The molecule has 6 rings (SSSR count). The zero-order valence-electron chi connectivity index (χ0n) is 17.2. The Morgan fingerprint density at radius 1 is 1.28 bits per heavy atom. The topological polar surface area (TPSA) is 88.0 Å². The molecule has 5 heterocycles. The summed E-state index contributed by atoms with van der Waals surface area (Å²) < 4.78 is 12.9. The van der Waals surface area contributed by atoms with Gasteiger partial charge < -0.3 is 25.0 Å². The Bertz CT molecular complexity index is 733. The smallest absolute Gasteiger partial charge is 0.193 e. The van der Waals surface area contributed by atoms with Gasteiger partial charge in [-0.15, -0.1) is 0 Å². The van der Waals surface area contributed by atoms with E-state index in [1.165, 1.54) is 0 Å². The van der Waals surface area contributed by atoms with Crippen molar-refractivity contribution in [2.75, 3.05) is 6.54 Å². The number of ketones is 1. The van der Waals surface area contributed by atoms with Crippen molar-refractivity contribution >= 4 is 5.78 Å². The van der Waals surface area contributed by atoms with Gasteiger partial charge in [-0.3, -0.25) is 4.79 Å². The third-order valence-electron chi connectivity index (χ3n) is 8.45. The van der Waals surface area contributed by atoms with Gasteiger partial charge >= 0.3 is 0 Å². The van der Waals surface area contributed by atoms with Gasteiger partial charge in [0.25, 0.3) is 0 Å². The molecule has 6 heteroatoms. The van der Waals surface area contributed by atoms with Crippen molar-refractivity contribution in [1.29, 1.82) is 0 Å². The van der Waals surface area contributed by atoms with Crippen LogP contribution >= 0.6 is 0 Å². The predicted octanol–water partition coefficient (Wildman–Crippen LogP) is 1.85. The molecule has 5 aliphatic heterocycles. The fraction of sp³-hybridized carbons (Fsp3) is 0.783. The maximum absolute atomic E-state index is 13.1. The summed E-state index contributed by atoms with van der Waals surface area (Å²) in [5.74, 6) is -0.976. The van der Waals surface area contributed by atoms with Crippen LogP contribution in [0.5, 0.6) is 0 Å². The van der Waals surface area contributed by atoms with E-state index >= 15 is 0 Å². The van der Waals surface area contributed by atoms with Gasteiger partial charge in [-0.05, 0) is 62.1 Å². The highest BCUT2D eigenvalue weighted by atomic mass is 16.7. The number of Topliss-reactive ketones (excluding diaryl/α,β-unsaturated/α-hetero) is 1. The Kier molecular flexibility index (Phi) is 4.79. The number of nitrogens with one attached hydrogen (secondary N) is 1. The van der Waals surface area contributed by atoms with Crippen LogP contribution < -0.4 is 5.32 Å². The highest BCUT2D eigenvalue weighted by molar-refractivity contribution is 5.89. The van der Waals surface area contributed by atoms with Gasteiger partial charge in [-0.1, -0.05) is 19.6 Å². The number of carbonyl (C=O) groups is 1. The summed E-state index contributed by atoms with van der Waals surface area (Å²) in [5, 5.41) is 25.8. The summed E-state index contributed by atoms with van der Waals surface area (Å²) in [4.78, 5) is 13.1. The molecule has 0 aromatic heterocycles. The van der Waals surface area contributed by atoms with Crippen LogP contribution in [0.1, 0.15) is 51.9 Å². The molecule has 29 heavy (non-hydrogen) atoms. The molecule has 3 saturated heterocycles. The minimum atomic E-state index is -1.07. The van der Waals surface area contributed by atoms with Gasteiger partial charge in [0.2, 0.25) is 0 Å². The number of carbonyl (C=O) groups excluding carboxylic acids is 1. The highest BCUT2D eigenvalue weighted by Crippen LogP contribution is 2.59. The minimum absolute atomic E-state index is 0.0457. The summed E-state index contributed by atoms with van der Waals surface area (Å²) in [7, 11) is 0. The summed E-state index contributed by atoms with van der Waals surface area (Å²) in [6.07, 6.45) is 5.94. The summed E-state index contributed by atoms with van der Waals surface area (Å²) in [6.45, 7) is 6.90. The monoisotopic (exact) mass is 403 g/mol. The first-order valence-electron chi connectivity index (χ1n) is 11.2. The first-order chi connectivity index (χ1) is 13.9. The lowest BCUT2D eigenvalue weighted by Crippen LogP contribution is -2.64. The SMILES string of the molecule is C=C/C1=C/[C@H]2O[C@]34CC(C[C@@H](O3)[C@H](C)C[C@H](O)C2=O)C2(CCN[C@H]2CC1)[C@H](O)C4. The molecule has 4 fully saturated rings. The van der Waals surface area contributed by atoms with Crippen molar-refractivity contribution < 1.29 is 24.5 Å². The molecular weight excluding hydrogens is 370 g/mol. The van der Waals surface area contributed by atoms with E-state index in [0.29, 0.717) is 19.3 Å². The Balaban J connectivity index is 1.67. The molecule has 2 spiro atoms. The van der Waals surface area contributed by atoms with E-state index in [9.17, 15) is 15.0 Å². The zero-order valence-corrected chi connectivity index (χ0v) is 17.2. The van der Waals surface area contributed by atoms with Gasteiger partial charge in [-0.2, -0.15) is 0 Å². The van der Waals surface area contributed by atoms with Crippen molar-refractivity contribution in [3.05, 3.63) is 24.3 Å². The van der Waals surface area contributed by atoms with Crippen LogP contribution in [0.2, 0.25) is 0 Å². The molecule has 160 valence electrons. The van der Waals surface area contributed by atoms with Crippen molar-refractivity contribution in [2.24, 2.45) is 17.3 Å². The number of hydrogen-bond acceptors (Lipinski definition) is 6. The molecule has 9 atom stereocenters. The van der Waals surface area contributed by atoms with Crippen LogP contribution in [0.15, 0.2) is 24.3 Å². The van der Waals surface area contributed by atoms with E-state index in [4.69, 9.17) is 9.47 Å². The molecule has 1 saturated carbocycles. The van der Waals surface area contributed by atoms with Crippen LogP contribution in [0.3, 0.4) is 0 Å². The van der Waals surface area contributed by atoms with Crippen molar-refractivity contribution in [3.63, 3.8) is 0 Å². The molecule has 1 aliphatic carbocycles. The van der Waals surface area contributed by atoms with Gasteiger partial charge in [0.15, 0.2) is 11.6 Å². The number of aliphatic hydroxyl groups is 2. The van der Waals surface area contributed by atoms with Crippen molar-refractivity contribution in [3.8, 4) is 0 Å². The normalized spacial score (nSPS) is 54.0. The maximum Gasteiger partial charge on any atom is 0.193 e. The summed E-state index contributed by atoms with van der Waals surface area (Å²) in [6, 6.07) is 0.235. The molecule has 5 bridgehead atoms. The van der Waals surface area contributed by atoms with Crippen LogP contribution in [0.25, 0.3) is 0 Å². The Morgan fingerprint density at radius 3 is 2.90 bits per heavy atom.